The third-order valence-corrected chi connectivity index (χ3v) is 4.12. The molecule has 0 nitrogen and oxygen atoms in total. The summed E-state index contributed by atoms with van der Waals surface area (Å²) in [5.41, 5.74) is 0. The molecule has 2 rings (SSSR count). The van der Waals surface area contributed by atoms with Gasteiger partial charge >= 0.3 is 94.1 Å². The van der Waals surface area contributed by atoms with Gasteiger partial charge in [0.2, 0.25) is 0 Å². The summed E-state index contributed by atoms with van der Waals surface area (Å²) in [6, 6.07) is 0. The Morgan fingerprint density at radius 2 is 1.71 bits per heavy atom. The van der Waals surface area contributed by atoms with Crippen LogP contribution in [0, 0.1) is 0 Å². The van der Waals surface area contributed by atoms with E-state index < -0.39 is 0 Å². The van der Waals surface area contributed by atoms with Crippen LogP contribution in [-0.4, -0.2) is 0 Å². The molecule has 0 aliphatic heterocycles. The summed E-state index contributed by atoms with van der Waals surface area (Å²) in [6.07, 6.45) is 22.8. The van der Waals surface area contributed by atoms with Crippen LogP contribution < -0.4 is 0 Å². The van der Waals surface area contributed by atoms with Crippen LogP contribution in [0.2, 0.25) is 0 Å². The molecule has 0 saturated heterocycles. The third kappa shape index (κ3) is 2.83. The second-order valence-corrected chi connectivity index (χ2v) is 5.49. The van der Waals surface area contributed by atoms with Crippen LogP contribution in [-0.2, 0) is 19.2 Å². The SMILES string of the molecule is C1=CC[C]([Ti][C]2=C/C=C\C=C/C=C\2)=C1. The maximum atomic E-state index is 2.27. The van der Waals surface area contributed by atoms with Gasteiger partial charge in [-0.2, -0.15) is 0 Å². The van der Waals surface area contributed by atoms with Crippen molar-refractivity contribution < 1.29 is 19.2 Å². The van der Waals surface area contributed by atoms with Crippen molar-refractivity contribution in [2.75, 3.05) is 0 Å². The van der Waals surface area contributed by atoms with Crippen molar-refractivity contribution >= 4 is 0 Å². The first-order valence-electron chi connectivity index (χ1n) is 4.79. The molecule has 1 heteroatoms. The summed E-state index contributed by atoms with van der Waals surface area (Å²) in [4.78, 5) is 0. The predicted octanol–water partition coefficient (Wildman–Crippen LogP) is 3.48. The van der Waals surface area contributed by atoms with Crippen LogP contribution in [0.15, 0.2) is 68.5 Å². The van der Waals surface area contributed by atoms with E-state index in [1.54, 1.807) is 3.88 Å². The zero-order valence-electron chi connectivity index (χ0n) is 7.98. The van der Waals surface area contributed by atoms with Gasteiger partial charge in [0.25, 0.3) is 0 Å². The summed E-state index contributed by atoms with van der Waals surface area (Å²) in [5, 5.41) is 0. The normalized spacial score (nSPS) is 29.4. The number of allylic oxidation sites excluding steroid dienone is 12. The Balaban J connectivity index is 2.03. The fraction of sp³-hybridized carbons (Fsp3) is 0.0769. The Labute approximate surface area is 94.0 Å². The van der Waals surface area contributed by atoms with Gasteiger partial charge < -0.3 is 0 Å². The molecule has 0 N–H and O–H groups in total. The van der Waals surface area contributed by atoms with Crippen LogP contribution in [0.3, 0.4) is 0 Å². The van der Waals surface area contributed by atoms with Crippen molar-refractivity contribution in [1.82, 2.24) is 0 Å². The van der Waals surface area contributed by atoms with Gasteiger partial charge in [-0.3, -0.25) is 0 Å². The zero-order chi connectivity index (χ0) is 9.64. The monoisotopic (exact) mass is 216 g/mol. The van der Waals surface area contributed by atoms with Crippen LogP contribution in [0.5, 0.6) is 0 Å². The van der Waals surface area contributed by atoms with Crippen LogP contribution in [0.1, 0.15) is 6.42 Å². The Morgan fingerprint density at radius 3 is 2.57 bits per heavy atom. The first kappa shape index (κ1) is 9.70. The molecule has 0 bridgehead atoms. The van der Waals surface area contributed by atoms with Gasteiger partial charge in [0.05, 0.1) is 0 Å². The minimum atomic E-state index is -0.0800. The predicted molar refractivity (Wildman–Crippen MR) is 57.3 cm³/mol. The molecule has 0 spiro atoms. The van der Waals surface area contributed by atoms with Gasteiger partial charge in [-0.1, -0.05) is 0 Å². The van der Waals surface area contributed by atoms with Crippen molar-refractivity contribution in [3.8, 4) is 0 Å². The van der Waals surface area contributed by atoms with Crippen molar-refractivity contribution in [3.05, 3.63) is 68.5 Å². The summed E-state index contributed by atoms with van der Waals surface area (Å²) < 4.78 is 3.12. The minimum absolute atomic E-state index is 0.0800. The van der Waals surface area contributed by atoms with Gasteiger partial charge in [0.15, 0.2) is 0 Å². The molecule has 0 fully saturated rings. The summed E-state index contributed by atoms with van der Waals surface area (Å²) >= 11 is -0.0800. The first-order chi connectivity index (χ1) is 6.95. The van der Waals surface area contributed by atoms with E-state index in [1.165, 1.54) is 10.3 Å². The molecule has 0 atom stereocenters. The van der Waals surface area contributed by atoms with Gasteiger partial charge in [0.1, 0.15) is 0 Å². The Bertz CT molecular complexity index is 376. The van der Waals surface area contributed by atoms with Crippen LogP contribution in [0.4, 0.5) is 0 Å². The van der Waals surface area contributed by atoms with Gasteiger partial charge in [0, 0.05) is 0 Å². The number of hydrogen-bond donors (Lipinski definition) is 0. The molecule has 0 saturated carbocycles. The average molecular weight is 216 g/mol. The Hall–Kier alpha value is -0.846. The molecule has 0 radical (unpaired) electrons. The molecule has 2 aliphatic rings. The van der Waals surface area contributed by atoms with Crippen molar-refractivity contribution in [2.45, 2.75) is 6.42 Å². The van der Waals surface area contributed by atoms with E-state index in [9.17, 15) is 0 Å². The Morgan fingerprint density at radius 1 is 0.857 bits per heavy atom. The van der Waals surface area contributed by atoms with E-state index in [0.29, 0.717) is 0 Å². The number of rotatable bonds is 2. The molecule has 68 valence electrons. The molecule has 0 aromatic heterocycles. The number of hydrogen-bond acceptors (Lipinski definition) is 0. The standard InChI is InChI=1S/C8H7.C5H5.Ti/c1-2-4-6-8-7-5-3-1;1-2-4-5-3-1;/h1-7H;1-3H,4H2;/b2-1-,3-1?,4-2?,5-3-,6-4-,7-5?,8-6?,8-7?;;. The molecule has 2 aliphatic carbocycles. The second kappa shape index (κ2) is 5.14. The van der Waals surface area contributed by atoms with Crippen LogP contribution >= 0.6 is 0 Å². The van der Waals surface area contributed by atoms with E-state index >= 15 is 0 Å². The van der Waals surface area contributed by atoms with Crippen LogP contribution in [0.25, 0.3) is 0 Å². The molecule has 0 aromatic rings. The van der Waals surface area contributed by atoms with E-state index in [-0.39, 0.29) is 19.2 Å². The third-order valence-electron chi connectivity index (χ3n) is 2.07. The maximum absolute atomic E-state index is 2.27. The van der Waals surface area contributed by atoms with Crippen molar-refractivity contribution in [2.24, 2.45) is 0 Å². The van der Waals surface area contributed by atoms with E-state index in [0.717, 1.165) is 0 Å². The van der Waals surface area contributed by atoms with Crippen molar-refractivity contribution in [1.29, 1.82) is 0 Å². The molecule has 0 amide bonds. The summed E-state index contributed by atoms with van der Waals surface area (Å²) in [6.45, 7) is 0. The fourth-order valence-corrected chi connectivity index (χ4v) is 3.14. The average Bonchev–Trinajstić information content (AvgIpc) is 2.62. The fourth-order valence-electron chi connectivity index (χ4n) is 1.38. The van der Waals surface area contributed by atoms with Gasteiger partial charge in [-0.15, -0.1) is 0 Å². The van der Waals surface area contributed by atoms with E-state index in [2.05, 4.69) is 60.8 Å². The first-order valence-corrected chi connectivity index (χ1v) is 6.36. The quantitative estimate of drug-likeness (QED) is 0.620. The summed E-state index contributed by atoms with van der Waals surface area (Å²) in [5.74, 6) is 0. The van der Waals surface area contributed by atoms with E-state index in [1.807, 2.05) is 0 Å². The summed E-state index contributed by atoms with van der Waals surface area (Å²) in [7, 11) is 0. The molecular weight excluding hydrogens is 204 g/mol. The second-order valence-electron chi connectivity index (χ2n) is 3.20. The topological polar surface area (TPSA) is 0 Å². The molecule has 0 unspecified atom stereocenters. The molecule has 0 heterocycles. The zero-order valence-corrected chi connectivity index (χ0v) is 9.54. The van der Waals surface area contributed by atoms with E-state index in [4.69, 9.17) is 0 Å². The Kier molecular flexibility index (Phi) is 3.56. The van der Waals surface area contributed by atoms with Gasteiger partial charge in [-0.05, 0) is 0 Å². The molecule has 0 aromatic carbocycles. The molecule has 14 heavy (non-hydrogen) atoms. The van der Waals surface area contributed by atoms with Gasteiger partial charge in [-0.25, -0.2) is 0 Å². The molecular formula is C13H12Ti. The van der Waals surface area contributed by atoms with Crippen molar-refractivity contribution in [3.63, 3.8) is 0 Å².